The molecule has 1 saturated carbocycles. The topological polar surface area (TPSA) is 0 Å². The first-order chi connectivity index (χ1) is 14.2. The Hall–Kier alpha value is -2.40. The Morgan fingerprint density at radius 3 is 2.41 bits per heavy atom. The van der Waals surface area contributed by atoms with Crippen LogP contribution in [0, 0.1) is 17.7 Å². The summed E-state index contributed by atoms with van der Waals surface area (Å²) < 4.78 is 27.7. The Kier molecular flexibility index (Phi) is 8.05. The summed E-state index contributed by atoms with van der Waals surface area (Å²) in [4.78, 5) is 0. The van der Waals surface area contributed by atoms with E-state index in [-0.39, 0.29) is 5.82 Å². The normalized spacial score (nSPS) is 19.1. The van der Waals surface area contributed by atoms with E-state index >= 15 is 0 Å². The van der Waals surface area contributed by atoms with Gasteiger partial charge in [-0.15, -0.1) is 0 Å². The molecule has 0 aliphatic heterocycles. The largest absolute Gasteiger partial charge is 0.247 e. The van der Waals surface area contributed by atoms with Gasteiger partial charge in [0, 0.05) is 5.56 Å². The zero-order chi connectivity index (χ0) is 20.5. The number of alkyl halides is 1. The van der Waals surface area contributed by atoms with Crippen molar-refractivity contribution in [3.63, 3.8) is 0 Å². The van der Waals surface area contributed by atoms with Crippen LogP contribution in [0.4, 0.5) is 8.78 Å². The first-order valence-electron chi connectivity index (χ1n) is 10.9. The van der Waals surface area contributed by atoms with Crippen LogP contribution in [0.2, 0.25) is 0 Å². The summed E-state index contributed by atoms with van der Waals surface area (Å²) in [5, 5.41) is 0. The molecular weight excluding hydrogens is 362 g/mol. The van der Waals surface area contributed by atoms with Crippen LogP contribution in [0.25, 0.3) is 6.08 Å². The highest BCUT2D eigenvalue weighted by Crippen LogP contribution is 2.34. The summed E-state index contributed by atoms with van der Waals surface area (Å²) in [5.41, 5.74) is 3.41. The molecule has 0 bridgehead atoms. The van der Waals surface area contributed by atoms with E-state index in [1.165, 1.54) is 24.8 Å². The molecule has 1 aliphatic carbocycles. The average Bonchev–Trinajstić information content (AvgIpc) is 2.74. The maximum absolute atomic E-state index is 14.4. The minimum atomic E-state index is -0.630. The molecule has 0 nitrogen and oxygen atoms in total. The zero-order valence-corrected chi connectivity index (χ0v) is 17.3. The fraction of sp³-hybridized carbons (Fsp3) is 0.407. The number of rotatable bonds is 6. The van der Waals surface area contributed by atoms with Crippen molar-refractivity contribution >= 4 is 6.08 Å². The number of halogens is 2. The Balaban J connectivity index is 1.60. The zero-order valence-electron chi connectivity index (χ0n) is 17.3. The van der Waals surface area contributed by atoms with Crippen LogP contribution in [-0.4, -0.2) is 6.17 Å². The Bertz CT molecular complexity index is 860. The molecular formula is C27H30F2. The third kappa shape index (κ3) is 6.57. The monoisotopic (exact) mass is 392 g/mol. The lowest BCUT2D eigenvalue weighted by atomic mass is 9.83. The van der Waals surface area contributed by atoms with Gasteiger partial charge in [-0.2, -0.15) is 0 Å². The van der Waals surface area contributed by atoms with Gasteiger partial charge >= 0.3 is 0 Å². The van der Waals surface area contributed by atoms with Crippen LogP contribution in [0.15, 0.2) is 48.5 Å². The van der Waals surface area contributed by atoms with Crippen LogP contribution in [0.1, 0.15) is 86.5 Å². The Morgan fingerprint density at radius 2 is 1.72 bits per heavy atom. The van der Waals surface area contributed by atoms with Gasteiger partial charge < -0.3 is 0 Å². The second-order valence-corrected chi connectivity index (χ2v) is 7.96. The molecule has 0 saturated heterocycles. The molecule has 0 spiro atoms. The molecule has 0 amide bonds. The minimum Gasteiger partial charge on any atom is -0.247 e. The van der Waals surface area contributed by atoms with E-state index in [2.05, 4.69) is 37.0 Å². The summed E-state index contributed by atoms with van der Waals surface area (Å²) in [6.45, 7) is 2.19. The highest BCUT2D eigenvalue weighted by molar-refractivity contribution is 5.53. The van der Waals surface area contributed by atoms with Crippen molar-refractivity contribution in [3.05, 3.63) is 76.6 Å². The smallest absolute Gasteiger partial charge is 0.139 e. The van der Waals surface area contributed by atoms with Crippen LogP contribution in [0.5, 0.6) is 0 Å². The highest BCUT2D eigenvalue weighted by Gasteiger charge is 2.21. The summed E-state index contributed by atoms with van der Waals surface area (Å²) >= 11 is 0. The molecule has 0 atom stereocenters. The van der Waals surface area contributed by atoms with Crippen molar-refractivity contribution in [1.82, 2.24) is 0 Å². The average molecular weight is 393 g/mol. The minimum absolute atomic E-state index is 0.284. The van der Waals surface area contributed by atoms with Crippen LogP contribution < -0.4 is 0 Å². The van der Waals surface area contributed by atoms with E-state index in [0.717, 1.165) is 30.4 Å². The molecule has 0 N–H and O–H groups in total. The van der Waals surface area contributed by atoms with Gasteiger partial charge in [0.2, 0.25) is 0 Å². The summed E-state index contributed by atoms with van der Waals surface area (Å²) in [5.74, 6) is 6.17. The van der Waals surface area contributed by atoms with E-state index in [9.17, 15) is 8.78 Å². The van der Waals surface area contributed by atoms with Crippen molar-refractivity contribution in [2.75, 3.05) is 0 Å². The van der Waals surface area contributed by atoms with Gasteiger partial charge in [0.15, 0.2) is 0 Å². The third-order valence-electron chi connectivity index (χ3n) is 5.66. The number of hydrogen-bond donors (Lipinski definition) is 0. The highest BCUT2D eigenvalue weighted by atomic mass is 19.1. The lowest BCUT2D eigenvalue weighted by molar-refractivity contribution is 0.235. The second-order valence-electron chi connectivity index (χ2n) is 7.96. The molecule has 1 aliphatic rings. The van der Waals surface area contributed by atoms with E-state index in [1.807, 2.05) is 24.3 Å². The molecule has 2 heteroatoms. The molecule has 1 fully saturated rings. The molecule has 0 aromatic heterocycles. The molecule has 152 valence electrons. The first kappa shape index (κ1) is 21.3. The maximum atomic E-state index is 14.4. The van der Waals surface area contributed by atoms with Crippen LogP contribution >= 0.6 is 0 Å². The lowest BCUT2D eigenvalue weighted by Crippen LogP contribution is -2.13. The maximum Gasteiger partial charge on any atom is 0.139 e. The fourth-order valence-electron chi connectivity index (χ4n) is 3.83. The molecule has 2 aromatic rings. The number of benzene rings is 2. The summed E-state index contributed by atoms with van der Waals surface area (Å²) in [6.07, 6.45) is 11.2. The quantitative estimate of drug-likeness (QED) is 0.347. The van der Waals surface area contributed by atoms with Crippen molar-refractivity contribution in [3.8, 4) is 11.8 Å². The van der Waals surface area contributed by atoms with Gasteiger partial charge in [-0.3, -0.25) is 0 Å². The molecule has 0 unspecified atom stereocenters. The Morgan fingerprint density at radius 1 is 0.966 bits per heavy atom. The summed E-state index contributed by atoms with van der Waals surface area (Å²) in [6, 6.07) is 13.3. The number of hydrogen-bond acceptors (Lipinski definition) is 0. The van der Waals surface area contributed by atoms with Gasteiger partial charge in [0.25, 0.3) is 0 Å². The number of allylic oxidation sites excluding steroid dienone is 1. The molecule has 0 radical (unpaired) electrons. The van der Waals surface area contributed by atoms with E-state index in [0.29, 0.717) is 24.3 Å². The molecule has 2 aromatic carbocycles. The predicted octanol–water partition coefficient (Wildman–Crippen LogP) is 7.81. The van der Waals surface area contributed by atoms with Crippen molar-refractivity contribution in [2.24, 2.45) is 0 Å². The standard InChI is InChI=1S/C27H30F2/c1-2-3-4-5-6-7-22-11-15-25(27(29)20-22)14-10-21-8-12-23(13-9-21)24-16-18-26(28)19-17-24/h6-9,11-13,15,20,24,26H,2-5,16-19H2,1H3/b7-6+. The van der Waals surface area contributed by atoms with Gasteiger partial charge in [-0.05, 0) is 79.8 Å². The lowest BCUT2D eigenvalue weighted by Gasteiger charge is -2.24. The van der Waals surface area contributed by atoms with E-state index < -0.39 is 6.17 Å². The van der Waals surface area contributed by atoms with Gasteiger partial charge in [-0.25, -0.2) is 8.78 Å². The van der Waals surface area contributed by atoms with Crippen molar-refractivity contribution < 1.29 is 8.78 Å². The SMILES string of the molecule is CCCCC/C=C/c1ccc(C#Cc2ccc(C3CCC(F)CC3)cc2)c(F)c1. The van der Waals surface area contributed by atoms with Crippen LogP contribution in [-0.2, 0) is 0 Å². The summed E-state index contributed by atoms with van der Waals surface area (Å²) in [7, 11) is 0. The second kappa shape index (κ2) is 11.0. The van der Waals surface area contributed by atoms with Crippen LogP contribution in [0.3, 0.4) is 0 Å². The number of unbranched alkanes of at least 4 members (excludes halogenated alkanes) is 3. The molecule has 3 rings (SSSR count). The van der Waals surface area contributed by atoms with Crippen molar-refractivity contribution in [1.29, 1.82) is 0 Å². The van der Waals surface area contributed by atoms with E-state index in [1.54, 1.807) is 12.1 Å². The third-order valence-corrected chi connectivity index (χ3v) is 5.66. The molecule has 0 heterocycles. The van der Waals surface area contributed by atoms with Gasteiger partial charge in [0.1, 0.15) is 12.0 Å². The molecule has 29 heavy (non-hydrogen) atoms. The fourth-order valence-corrected chi connectivity index (χ4v) is 3.83. The first-order valence-corrected chi connectivity index (χ1v) is 10.9. The predicted molar refractivity (Wildman–Crippen MR) is 118 cm³/mol. The van der Waals surface area contributed by atoms with E-state index in [4.69, 9.17) is 0 Å². The Labute approximate surface area is 174 Å². The van der Waals surface area contributed by atoms with Gasteiger partial charge in [0.05, 0.1) is 5.56 Å². The van der Waals surface area contributed by atoms with Crippen molar-refractivity contribution in [2.45, 2.75) is 70.4 Å². The van der Waals surface area contributed by atoms with Gasteiger partial charge in [-0.1, -0.05) is 62.0 Å².